The number of benzene rings is 1. The number of nitrogens with one attached hydrogen (secondary N) is 1. The van der Waals surface area contributed by atoms with Crippen LogP contribution in [-0.2, 0) is 6.18 Å². The fourth-order valence-electron chi connectivity index (χ4n) is 1.30. The molecule has 0 saturated heterocycles. The lowest BCUT2D eigenvalue weighted by atomic mass is 10.2. The molecular formula is C10H4BrCl2F3N4. The Balaban J connectivity index is 2.40. The van der Waals surface area contributed by atoms with Gasteiger partial charge in [-0.05, 0) is 45.7 Å². The van der Waals surface area contributed by atoms with Crippen molar-refractivity contribution in [3.05, 3.63) is 38.7 Å². The minimum atomic E-state index is -4.46. The van der Waals surface area contributed by atoms with Crippen LogP contribution in [0, 0.1) is 0 Å². The van der Waals surface area contributed by atoms with Gasteiger partial charge in [0, 0.05) is 4.47 Å². The fraction of sp³-hybridized carbons (Fsp3) is 0.100. The molecule has 1 heterocycles. The molecule has 0 aliphatic heterocycles. The van der Waals surface area contributed by atoms with E-state index >= 15 is 0 Å². The highest BCUT2D eigenvalue weighted by Crippen LogP contribution is 2.35. The number of hydrogen-bond acceptors (Lipinski definition) is 4. The zero-order chi connectivity index (χ0) is 14.9. The Bertz CT molecular complexity index is 651. The lowest BCUT2D eigenvalue weighted by Crippen LogP contribution is -2.06. The van der Waals surface area contributed by atoms with E-state index in [2.05, 4.69) is 36.4 Å². The third kappa shape index (κ3) is 3.50. The van der Waals surface area contributed by atoms with E-state index < -0.39 is 11.7 Å². The van der Waals surface area contributed by atoms with Gasteiger partial charge in [-0.15, -0.1) is 10.2 Å². The van der Waals surface area contributed by atoms with E-state index in [1.807, 2.05) is 0 Å². The number of anilines is 2. The van der Waals surface area contributed by atoms with Crippen molar-refractivity contribution in [1.82, 2.24) is 15.2 Å². The SMILES string of the molecule is FC(F)(F)c1ccc(Br)c(Nc2nc(Cl)nnc2Cl)c1. The molecule has 20 heavy (non-hydrogen) atoms. The van der Waals surface area contributed by atoms with E-state index in [-0.39, 0.29) is 21.9 Å². The highest BCUT2D eigenvalue weighted by Gasteiger charge is 2.31. The highest BCUT2D eigenvalue weighted by atomic mass is 79.9. The molecule has 4 nitrogen and oxygen atoms in total. The Morgan fingerprint density at radius 1 is 1.15 bits per heavy atom. The Morgan fingerprint density at radius 2 is 1.85 bits per heavy atom. The predicted octanol–water partition coefficient (Wildman–Crippen LogP) is 4.70. The molecule has 0 amide bonds. The monoisotopic (exact) mass is 386 g/mol. The minimum absolute atomic E-state index is 0.00620. The third-order valence-corrected chi connectivity index (χ3v) is 3.27. The second-order valence-corrected chi connectivity index (χ2v) is 5.09. The predicted molar refractivity (Wildman–Crippen MR) is 72.3 cm³/mol. The summed E-state index contributed by atoms with van der Waals surface area (Å²) in [4.78, 5) is 3.75. The third-order valence-electron chi connectivity index (χ3n) is 2.17. The first kappa shape index (κ1) is 15.3. The smallest absolute Gasteiger partial charge is 0.337 e. The zero-order valence-corrected chi connectivity index (χ0v) is 12.4. The van der Waals surface area contributed by atoms with Crippen LogP contribution in [0.25, 0.3) is 0 Å². The average molecular weight is 388 g/mol. The van der Waals surface area contributed by atoms with E-state index in [0.717, 1.165) is 12.1 Å². The first-order chi connectivity index (χ1) is 9.27. The molecule has 1 aromatic heterocycles. The van der Waals surface area contributed by atoms with Crippen LogP contribution < -0.4 is 5.32 Å². The van der Waals surface area contributed by atoms with Gasteiger partial charge in [-0.3, -0.25) is 0 Å². The molecule has 2 rings (SSSR count). The van der Waals surface area contributed by atoms with Crippen LogP contribution in [0.4, 0.5) is 24.7 Å². The van der Waals surface area contributed by atoms with E-state index in [0.29, 0.717) is 4.47 Å². The largest absolute Gasteiger partial charge is 0.416 e. The first-order valence-electron chi connectivity index (χ1n) is 4.97. The first-order valence-corrected chi connectivity index (χ1v) is 6.52. The van der Waals surface area contributed by atoms with Crippen LogP contribution in [0.1, 0.15) is 5.56 Å². The summed E-state index contributed by atoms with van der Waals surface area (Å²) in [6, 6.07) is 3.12. The number of alkyl halides is 3. The topological polar surface area (TPSA) is 50.7 Å². The molecule has 0 bridgehead atoms. The van der Waals surface area contributed by atoms with Crippen molar-refractivity contribution in [3.63, 3.8) is 0 Å². The van der Waals surface area contributed by atoms with Crippen LogP contribution in [0.3, 0.4) is 0 Å². The number of aromatic nitrogens is 3. The molecule has 0 radical (unpaired) electrons. The van der Waals surface area contributed by atoms with Crippen molar-refractivity contribution in [2.24, 2.45) is 0 Å². The molecule has 0 atom stereocenters. The Hall–Kier alpha value is -1.12. The summed E-state index contributed by atoms with van der Waals surface area (Å²) in [5.74, 6) is 0.00620. The summed E-state index contributed by atoms with van der Waals surface area (Å²) < 4.78 is 38.4. The standard InChI is InChI=1S/C10H4BrCl2F3N4/c11-5-2-1-4(10(14,15)16)3-6(5)17-8-7(12)19-20-9(13)18-8/h1-3H,(H,17,18,20). The van der Waals surface area contributed by atoms with Crippen molar-refractivity contribution in [2.45, 2.75) is 6.18 Å². The maximum absolute atomic E-state index is 12.7. The summed E-state index contributed by atoms with van der Waals surface area (Å²) in [7, 11) is 0. The van der Waals surface area contributed by atoms with Gasteiger partial charge in [0.1, 0.15) is 0 Å². The van der Waals surface area contributed by atoms with Crippen LogP contribution in [-0.4, -0.2) is 15.2 Å². The molecule has 0 spiro atoms. The van der Waals surface area contributed by atoms with Gasteiger partial charge in [0.15, 0.2) is 11.0 Å². The fourth-order valence-corrected chi connectivity index (χ4v) is 1.89. The van der Waals surface area contributed by atoms with Gasteiger partial charge in [-0.25, -0.2) is 0 Å². The minimum Gasteiger partial charge on any atom is -0.337 e. The molecule has 0 aliphatic carbocycles. The number of halogens is 6. The molecule has 10 heteroatoms. The van der Waals surface area contributed by atoms with Crippen LogP contribution >= 0.6 is 39.1 Å². The quantitative estimate of drug-likeness (QED) is 0.811. The summed E-state index contributed by atoms with van der Waals surface area (Å²) in [5.41, 5.74) is -0.689. The molecule has 1 aromatic carbocycles. The van der Waals surface area contributed by atoms with E-state index in [9.17, 15) is 13.2 Å². The molecule has 106 valence electrons. The summed E-state index contributed by atoms with van der Waals surface area (Å²) >= 11 is 14.4. The number of hydrogen-bond donors (Lipinski definition) is 1. The Labute approximate surface area is 129 Å². The Kier molecular flexibility index (Phi) is 4.36. The number of rotatable bonds is 2. The van der Waals surface area contributed by atoms with Crippen molar-refractivity contribution in [3.8, 4) is 0 Å². The number of nitrogens with zero attached hydrogens (tertiary/aromatic N) is 3. The van der Waals surface area contributed by atoms with Gasteiger partial charge in [0.2, 0.25) is 5.28 Å². The van der Waals surface area contributed by atoms with Gasteiger partial charge in [0.05, 0.1) is 11.3 Å². The molecule has 0 saturated carbocycles. The van der Waals surface area contributed by atoms with E-state index in [1.165, 1.54) is 6.07 Å². The van der Waals surface area contributed by atoms with Crippen molar-refractivity contribution < 1.29 is 13.2 Å². The lowest BCUT2D eigenvalue weighted by Gasteiger charge is -2.12. The summed E-state index contributed by atoms with van der Waals surface area (Å²) in [6.07, 6.45) is -4.46. The van der Waals surface area contributed by atoms with Crippen LogP contribution in [0.2, 0.25) is 10.4 Å². The van der Waals surface area contributed by atoms with Gasteiger partial charge < -0.3 is 5.32 Å². The van der Waals surface area contributed by atoms with Gasteiger partial charge >= 0.3 is 6.18 Å². The van der Waals surface area contributed by atoms with Crippen molar-refractivity contribution in [1.29, 1.82) is 0 Å². The van der Waals surface area contributed by atoms with Gasteiger partial charge in [0.25, 0.3) is 0 Å². The van der Waals surface area contributed by atoms with Gasteiger partial charge in [-0.2, -0.15) is 18.2 Å². The van der Waals surface area contributed by atoms with E-state index in [1.54, 1.807) is 0 Å². The molecular weight excluding hydrogens is 384 g/mol. The van der Waals surface area contributed by atoms with Crippen LogP contribution in [0.15, 0.2) is 22.7 Å². The second-order valence-electron chi connectivity index (χ2n) is 3.54. The maximum Gasteiger partial charge on any atom is 0.416 e. The second kappa shape index (κ2) is 5.71. The normalized spacial score (nSPS) is 11.5. The van der Waals surface area contributed by atoms with Gasteiger partial charge in [-0.1, -0.05) is 11.6 Å². The maximum atomic E-state index is 12.7. The molecule has 0 unspecified atom stereocenters. The molecule has 1 N–H and O–H groups in total. The van der Waals surface area contributed by atoms with Crippen LogP contribution in [0.5, 0.6) is 0 Å². The van der Waals surface area contributed by atoms with E-state index in [4.69, 9.17) is 23.2 Å². The molecule has 0 fully saturated rings. The summed E-state index contributed by atoms with van der Waals surface area (Å²) in [6.45, 7) is 0. The van der Waals surface area contributed by atoms with Crippen molar-refractivity contribution >= 4 is 50.6 Å². The highest BCUT2D eigenvalue weighted by molar-refractivity contribution is 9.10. The Morgan fingerprint density at radius 3 is 2.50 bits per heavy atom. The van der Waals surface area contributed by atoms with Crippen molar-refractivity contribution in [2.75, 3.05) is 5.32 Å². The summed E-state index contributed by atoms with van der Waals surface area (Å²) in [5, 5.41) is 9.22. The average Bonchev–Trinajstić information content (AvgIpc) is 2.35. The molecule has 2 aromatic rings. The lowest BCUT2D eigenvalue weighted by molar-refractivity contribution is -0.137. The molecule has 0 aliphatic rings. The zero-order valence-electron chi connectivity index (χ0n) is 9.34.